The molecule has 0 unspecified atom stereocenters. The molecule has 2 heterocycles. The second-order valence-corrected chi connectivity index (χ2v) is 7.81. The van der Waals surface area contributed by atoms with Crippen molar-refractivity contribution in [1.29, 1.82) is 0 Å². The van der Waals surface area contributed by atoms with Crippen molar-refractivity contribution >= 4 is 38.3 Å². The number of fused-ring (bicyclic) bond motifs is 1. The van der Waals surface area contributed by atoms with Gasteiger partial charge >= 0.3 is 6.03 Å². The molecule has 7 heteroatoms. The third-order valence-electron chi connectivity index (χ3n) is 4.45. The molecule has 0 atom stereocenters. The average Bonchev–Trinajstić information content (AvgIpc) is 3.18. The summed E-state index contributed by atoms with van der Waals surface area (Å²) < 4.78 is 0.953. The number of anilines is 1. The van der Waals surface area contributed by atoms with Crippen molar-refractivity contribution in [1.82, 2.24) is 15.3 Å². The highest BCUT2D eigenvalue weighted by atomic mass is 32.1. The van der Waals surface area contributed by atoms with Gasteiger partial charge in [0.05, 0.1) is 22.5 Å². The number of thiazole rings is 1. The van der Waals surface area contributed by atoms with Gasteiger partial charge in [0.25, 0.3) is 0 Å². The van der Waals surface area contributed by atoms with E-state index in [1.807, 2.05) is 43.3 Å². The van der Waals surface area contributed by atoms with Crippen LogP contribution in [0.5, 0.6) is 0 Å². The Morgan fingerprint density at radius 2 is 2.10 bits per heavy atom. The normalized spacial score (nSPS) is 11.8. The lowest BCUT2D eigenvalue weighted by Crippen LogP contribution is -2.28. The van der Waals surface area contributed by atoms with Crippen LogP contribution in [0.3, 0.4) is 0 Å². The molecule has 2 aromatic heterocycles. The number of aliphatic hydroxyl groups is 1. The van der Waals surface area contributed by atoms with Crippen molar-refractivity contribution < 1.29 is 9.90 Å². The summed E-state index contributed by atoms with van der Waals surface area (Å²) in [7, 11) is 0. The maximum absolute atomic E-state index is 12.0. The number of benzene rings is 1. The van der Waals surface area contributed by atoms with Gasteiger partial charge in [-0.15, -0.1) is 0 Å². The summed E-state index contributed by atoms with van der Waals surface area (Å²) in [6, 6.07) is 9.61. The third-order valence-corrected chi connectivity index (χ3v) is 5.47. The quantitative estimate of drug-likeness (QED) is 0.414. The molecule has 0 aliphatic rings. The Hall–Kier alpha value is -3.29. The van der Waals surface area contributed by atoms with E-state index < -0.39 is 0 Å². The number of carbonyl (C=O) groups is 1. The zero-order valence-corrected chi connectivity index (χ0v) is 18.5. The van der Waals surface area contributed by atoms with Crippen molar-refractivity contribution in [3.05, 3.63) is 72.5 Å². The zero-order valence-electron chi connectivity index (χ0n) is 17.7. The van der Waals surface area contributed by atoms with E-state index in [9.17, 15) is 9.90 Å². The molecule has 3 N–H and O–H groups in total. The van der Waals surface area contributed by atoms with E-state index in [0.717, 1.165) is 39.0 Å². The van der Waals surface area contributed by atoms with Crippen molar-refractivity contribution in [2.24, 2.45) is 0 Å². The molecule has 0 radical (unpaired) electrons. The van der Waals surface area contributed by atoms with Gasteiger partial charge in [-0.25, -0.2) is 9.78 Å². The number of amides is 2. The molecule has 0 fully saturated rings. The van der Waals surface area contributed by atoms with E-state index in [0.29, 0.717) is 17.2 Å². The molecule has 160 valence electrons. The van der Waals surface area contributed by atoms with Crippen LogP contribution >= 0.6 is 11.3 Å². The van der Waals surface area contributed by atoms with E-state index in [1.165, 1.54) is 11.3 Å². The minimum Gasteiger partial charge on any atom is -0.392 e. The number of nitrogens with one attached hydrogen (secondary N) is 2. The van der Waals surface area contributed by atoms with Crippen LogP contribution in [0.2, 0.25) is 0 Å². The number of aliphatic hydroxyl groups excluding tert-OH is 1. The molecular weight excluding hydrogens is 408 g/mol. The number of urea groups is 1. The average molecular weight is 435 g/mol. The molecule has 0 aliphatic heterocycles. The van der Waals surface area contributed by atoms with Crippen LogP contribution in [-0.2, 0) is 0 Å². The molecule has 1 aromatic carbocycles. The highest BCUT2D eigenvalue weighted by Gasteiger charge is 2.15. The van der Waals surface area contributed by atoms with Crippen LogP contribution in [0.25, 0.3) is 27.0 Å². The summed E-state index contributed by atoms with van der Waals surface area (Å²) in [6.07, 6.45) is 8.49. The summed E-state index contributed by atoms with van der Waals surface area (Å²) in [5.41, 5.74) is 5.18. The van der Waals surface area contributed by atoms with Gasteiger partial charge in [0.2, 0.25) is 0 Å². The molecule has 0 saturated heterocycles. The first-order chi connectivity index (χ1) is 15.0. The molecule has 3 aromatic rings. The van der Waals surface area contributed by atoms with Gasteiger partial charge in [-0.2, -0.15) is 0 Å². The summed E-state index contributed by atoms with van der Waals surface area (Å²) in [6.45, 7) is 8.22. The maximum atomic E-state index is 12.0. The van der Waals surface area contributed by atoms with Crippen LogP contribution in [0.15, 0.2) is 66.9 Å². The molecule has 6 nitrogen and oxygen atoms in total. The first-order valence-corrected chi connectivity index (χ1v) is 10.9. The van der Waals surface area contributed by atoms with E-state index >= 15 is 0 Å². The predicted octanol–water partition coefficient (Wildman–Crippen LogP) is 5.40. The first kappa shape index (κ1) is 22.4. The lowest BCUT2D eigenvalue weighted by atomic mass is 9.99. The Labute approximate surface area is 186 Å². The summed E-state index contributed by atoms with van der Waals surface area (Å²) >= 11 is 1.42. The van der Waals surface area contributed by atoms with Crippen LogP contribution in [0, 0.1) is 0 Å². The molecule has 0 spiro atoms. The lowest BCUT2D eigenvalue weighted by molar-refractivity contribution is 0.252. The fourth-order valence-corrected chi connectivity index (χ4v) is 3.99. The van der Waals surface area contributed by atoms with Gasteiger partial charge in [0, 0.05) is 18.3 Å². The Morgan fingerprint density at radius 3 is 2.77 bits per heavy atom. The molecular formula is C24H26N4O2S. The van der Waals surface area contributed by atoms with Crippen molar-refractivity contribution in [2.45, 2.75) is 20.3 Å². The SMILES string of the molecule is C=C(C=CC(=CCC)c1cc(-c2ccccn2)c2sc(NC(=O)NCC)nc2c1)CO. The van der Waals surface area contributed by atoms with Gasteiger partial charge < -0.3 is 10.4 Å². The highest BCUT2D eigenvalue weighted by Crippen LogP contribution is 2.37. The number of aromatic nitrogens is 2. The summed E-state index contributed by atoms with van der Waals surface area (Å²) in [5, 5.41) is 15.3. The van der Waals surface area contributed by atoms with Gasteiger partial charge in [-0.1, -0.05) is 49.1 Å². The van der Waals surface area contributed by atoms with Crippen molar-refractivity contribution in [3.63, 3.8) is 0 Å². The van der Waals surface area contributed by atoms with E-state index in [1.54, 1.807) is 6.20 Å². The molecule has 0 bridgehead atoms. The van der Waals surface area contributed by atoms with Crippen LogP contribution < -0.4 is 10.6 Å². The fourth-order valence-electron chi connectivity index (χ4n) is 3.03. The number of pyridine rings is 1. The summed E-state index contributed by atoms with van der Waals surface area (Å²) in [4.78, 5) is 21.1. The monoisotopic (exact) mass is 434 g/mol. The molecule has 0 aliphatic carbocycles. The number of rotatable bonds is 8. The second-order valence-electron chi connectivity index (χ2n) is 6.81. The van der Waals surface area contributed by atoms with Crippen molar-refractivity contribution in [2.75, 3.05) is 18.5 Å². The molecule has 0 saturated carbocycles. The van der Waals surface area contributed by atoms with Gasteiger partial charge in [0.15, 0.2) is 5.13 Å². The fraction of sp³-hybridized carbons (Fsp3) is 0.208. The Bertz CT molecular complexity index is 1130. The Morgan fingerprint density at radius 1 is 1.26 bits per heavy atom. The van der Waals surface area contributed by atoms with Gasteiger partial charge in [0.1, 0.15) is 0 Å². The van der Waals surface area contributed by atoms with Crippen LogP contribution in [0.4, 0.5) is 9.93 Å². The Kier molecular flexibility index (Phi) is 7.70. The second kappa shape index (κ2) is 10.7. The number of hydrogen-bond donors (Lipinski definition) is 3. The third kappa shape index (κ3) is 5.65. The predicted molar refractivity (Wildman–Crippen MR) is 129 cm³/mol. The number of nitrogens with zero attached hydrogens (tertiary/aromatic N) is 2. The molecule has 3 rings (SSSR count). The van der Waals surface area contributed by atoms with Crippen molar-refractivity contribution in [3.8, 4) is 11.3 Å². The minimum atomic E-state index is -0.279. The number of hydrogen-bond acceptors (Lipinski definition) is 5. The van der Waals surface area contributed by atoms with Gasteiger partial charge in [-0.05, 0) is 54.3 Å². The van der Waals surface area contributed by atoms with E-state index in [2.05, 4.69) is 46.2 Å². The maximum Gasteiger partial charge on any atom is 0.321 e. The van der Waals surface area contributed by atoms with Crippen LogP contribution in [0.1, 0.15) is 25.8 Å². The number of allylic oxidation sites excluding steroid dienone is 3. The lowest BCUT2D eigenvalue weighted by Gasteiger charge is -2.08. The molecule has 2 amide bonds. The van der Waals surface area contributed by atoms with Crippen LogP contribution in [-0.4, -0.2) is 34.3 Å². The topological polar surface area (TPSA) is 87.1 Å². The van der Waals surface area contributed by atoms with E-state index in [-0.39, 0.29) is 12.6 Å². The minimum absolute atomic E-state index is 0.0882. The summed E-state index contributed by atoms with van der Waals surface area (Å²) in [5.74, 6) is 0. The standard InChI is InChI=1S/C24H26N4O2S/c1-4-8-17(11-10-16(3)15-29)18-13-19(20-9-6-7-12-26-20)22-21(14-18)27-24(31-22)28-23(30)25-5-2/h6-14,29H,3-5,15H2,1-2H3,(H2,25,27,28,30). The molecule has 31 heavy (non-hydrogen) atoms. The first-order valence-electron chi connectivity index (χ1n) is 10.1. The zero-order chi connectivity index (χ0) is 22.2. The van der Waals surface area contributed by atoms with Gasteiger partial charge in [-0.3, -0.25) is 10.3 Å². The highest BCUT2D eigenvalue weighted by molar-refractivity contribution is 7.22. The Balaban J connectivity index is 2.14. The smallest absolute Gasteiger partial charge is 0.321 e. The largest absolute Gasteiger partial charge is 0.392 e. The number of carbonyl (C=O) groups excluding carboxylic acids is 1. The van der Waals surface area contributed by atoms with E-state index in [4.69, 9.17) is 0 Å².